The third-order valence-corrected chi connectivity index (χ3v) is 12.2. The second-order valence-corrected chi connectivity index (χ2v) is 15.7. The summed E-state index contributed by atoms with van der Waals surface area (Å²) in [5.74, 6) is 0. The number of furan rings is 1. The van der Waals surface area contributed by atoms with Gasteiger partial charge in [0.25, 0.3) is 0 Å². The molecule has 3 nitrogen and oxygen atoms in total. The largest absolute Gasteiger partial charge is 0.455 e. The molecule has 0 aliphatic rings. The average molecular weight is 779 g/mol. The minimum absolute atomic E-state index is 0.888. The van der Waals surface area contributed by atoms with Crippen LogP contribution < -0.4 is 4.90 Å². The van der Waals surface area contributed by atoms with Crippen LogP contribution in [0.15, 0.2) is 235 Å². The predicted octanol–water partition coefficient (Wildman–Crippen LogP) is 16.3. The minimum atomic E-state index is 0.888. The summed E-state index contributed by atoms with van der Waals surface area (Å²) in [7, 11) is 0. The number of rotatable bonds is 7. The summed E-state index contributed by atoms with van der Waals surface area (Å²) in [4.78, 5) is 2.37. The van der Waals surface area contributed by atoms with Crippen molar-refractivity contribution in [2.24, 2.45) is 0 Å². The van der Waals surface area contributed by atoms with E-state index in [-0.39, 0.29) is 0 Å². The summed E-state index contributed by atoms with van der Waals surface area (Å²) >= 11 is 0. The van der Waals surface area contributed by atoms with Gasteiger partial charge in [0.15, 0.2) is 0 Å². The first-order chi connectivity index (χ1) is 30.2. The Morgan fingerprint density at radius 2 is 0.918 bits per heavy atom. The molecule has 12 aromatic rings. The number of para-hydroxylation sites is 2. The molecular formula is C58H38N2O. The number of nitrogens with zero attached hydrogens (tertiary/aromatic N) is 2. The molecule has 2 aromatic heterocycles. The molecule has 0 radical (unpaired) electrons. The van der Waals surface area contributed by atoms with Crippen molar-refractivity contribution in [1.29, 1.82) is 0 Å². The van der Waals surface area contributed by atoms with E-state index in [0.717, 1.165) is 66.8 Å². The lowest BCUT2D eigenvalue weighted by Gasteiger charge is -2.27. The third-order valence-electron chi connectivity index (χ3n) is 12.2. The first kappa shape index (κ1) is 34.9. The second kappa shape index (κ2) is 14.3. The number of hydrogen-bond acceptors (Lipinski definition) is 2. The molecule has 61 heavy (non-hydrogen) atoms. The molecule has 0 spiro atoms. The highest BCUT2D eigenvalue weighted by Gasteiger charge is 2.19. The van der Waals surface area contributed by atoms with E-state index in [4.69, 9.17) is 4.42 Å². The van der Waals surface area contributed by atoms with E-state index in [2.05, 4.69) is 240 Å². The number of hydrogen-bond donors (Lipinski definition) is 0. The lowest BCUT2D eigenvalue weighted by atomic mass is 9.97. The highest BCUT2D eigenvalue weighted by molar-refractivity contribution is 6.19. The Morgan fingerprint density at radius 1 is 0.344 bits per heavy atom. The molecule has 0 fully saturated rings. The molecule has 0 atom stereocenters. The van der Waals surface area contributed by atoms with Crippen LogP contribution in [0.3, 0.4) is 0 Å². The first-order valence-electron chi connectivity index (χ1n) is 20.8. The average Bonchev–Trinajstić information content (AvgIpc) is 3.89. The van der Waals surface area contributed by atoms with Crippen LogP contribution in [0.5, 0.6) is 0 Å². The molecule has 0 saturated carbocycles. The van der Waals surface area contributed by atoms with Gasteiger partial charge in [0.1, 0.15) is 11.2 Å². The van der Waals surface area contributed by atoms with E-state index >= 15 is 0 Å². The Morgan fingerprint density at radius 3 is 1.67 bits per heavy atom. The summed E-state index contributed by atoms with van der Waals surface area (Å²) in [6.07, 6.45) is 0. The monoisotopic (exact) mass is 778 g/mol. The molecule has 0 unspecified atom stereocenters. The number of fused-ring (bicyclic) bond motifs is 8. The second-order valence-electron chi connectivity index (χ2n) is 15.7. The molecule has 3 heteroatoms. The number of benzene rings is 10. The van der Waals surface area contributed by atoms with Gasteiger partial charge in [-0.15, -0.1) is 0 Å². The maximum absolute atomic E-state index is 6.60. The smallest absolute Gasteiger partial charge is 0.143 e. The zero-order chi connectivity index (χ0) is 40.3. The van der Waals surface area contributed by atoms with E-state index in [1.54, 1.807) is 0 Å². The Balaban J connectivity index is 0.976. The molecule has 2 heterocycles. The normalized spacial score (nSPS) is 11.6. The molecule has 0 saturated heterocycles. The lowest BCUT2D eigenvalue weighted by molar-refractivity contribution is 0.673. The summed E-state index contributed by atoms with van der Waals surface area (Å²) < 4.78 is 8.98. The van der Waals surface area contributed by atoms with Crippen molar-refractivity contribution in [3.05, 3.63) is 231 Å². The molecule has 12 rings (SSSR count). The van der Waals surface area contributed by atoms with E-state index in [0.29, 0.717) is 0 Å². The van der Waals surface area contributed by atoms with Gasteiger partial charge in [-0.1, -0.05) is 158 Å². The minimum Gasteiger partial charge on any atom is -0.455 e. The van der Waals surface area contributed by atoms with Crippen molar-refractivity contribution in [2.45, 2.75) is 0 Å². The summed E-state index contributed by atoms with van der Waals surface area (Å²) in [5.41, 5.74) is 15.5. The van der Waals surface area contributed by atoms with E-state index in [1.165, 1.54) is 43.9 Å². The van der Waals surface area contributed by atoms with Crippen molar-refractivity contribution < 1.29 is 4.42 Å². The Bertz CT molecular complexity index is 3540. The van der Waals surface area contributed by atoms with Crippen LogP contribution in [0.25, 0.3) is 93.6 Å². The molecule has 0 aliphatic heterocycles. The van der Waals surface area contributed by atoms with Gasteiger partial charge >= 0.3 is 0 Å². The van der Waals surface area contributed by atoms with Gasteiger partial charge in [0.2, 0.25) is 0 Å². The fourth-order valence-corrected chi connectivity index (χ4v) is 9.34. The van der Waals surface area contributed by atoms with Gasteiger partial charge < -0.3 is 13.9 Å². The van der Waals surface area contributed by atoms with Crippen LogP contribution in [-0.4, -0.2) is 4.57 Å². The summed E-state index contributed by atoms with van der Waals surface area (Å²) in [5, 5.41) is 7.08. The third kappa shape index (κ3) is 5.90. The molecule has 0 aliphatic carbocycles. The Hall–Kier alpha value is -8.14. The van der Waals surface area contributed by atoms with Crippen molar-refractivity contribution in [3.8, 4) is 39.1 Å². The SMILES string of the molecule is c1ccc(-c2cccc(N(c3ccc(-c4cccc(-n5c6ccccc6c6ccccc65)c4)cc3)c3cccc(-c4cccc5oc6c7ccccc7ccc6c45)c3)c2)cc1. The Kier molecular flexibility index (Phi) is 8.17. The zero-order valence-corrected chi connectivity index (χ0v) is 33.2. The molecule has 286 valence electrons. The van der Waals surface area contributed by atoms with Crippen LogP contribution in [0.2, 0.25) is 0 Å². The van der Waals surface area contributed by atoms with Gasteiger partial charge in [-0.05, 0) is 112 Å². The van der Waals surface area contributed by atoms with Crippen molar-refractivity contribution in [2.75, 3.05) is 4.90 Å². The fourth-order valence-electron chi connectivity index (χ4n) is 9.34. The van der Waals surface area contributed by atoms with E-state index in [1.807, 2.05) is 0 Å². The molecule has 10 aromatic carbocycles. The standard InChI is InChI=1S/C58H38N2O/c1-2-14-39(15-3-1)42-17-10-20-46(36-42)59(47-21-12-19-44(38-47)49-26-13-29-56-57(49)53-35-32-41-16-4-5-23-50(41)58(53)61-56)45-33-30-40(31-34-45)43-18-11-22-48(37-43)60-54-27-8-6-24-51(54)52-25-7-9-28-55(52)60/h1-38H. The predicted molar refractivity (Wildman–Crippen MR) is 257 cm³/mol. The Labute approximate surface area is 353 Å². The van der Waals surface area contributed by atoms with Crippen LogP contribution in [-0.2, 0) is 0 Å². The quantitative estimate of drug-likeness (QED) is 0.161. The van der Waals surface area contributed by atoms with Crippen molar-refractivity contribution in [1.82, 2.24) is 4.57 Å². The van der Waals surface area contributed by atoms with E-state index < -0.39 is 0 Å². The zero-order valence-electron chi connectivity index (χ0n) is 33.2. The molecule has 0 N–H and O–H groups in total. The van der Waals surface area contributed by atoms with Gasteiger partial charge in [-0.25, -0.2) is 0 Å². The van der Waals surface area contributed by atoms with Crippen LogP contribution >= 0.6 is 0 Å². The fraction of sp³-hybridized carbons (Fsp3) is 0. The molecular weight excluding hydrogens is 741 g/mol. The van der Waals surface area contributed by atoms with Gasteiger partial charge in [0.05, 0.1) is 11.0 Å². The van der Waals surface area contributed by atoms with Crippen LogP contribution in [0.1, 0.15) is 0 Å². The molecule has 0 bridgehead atoms. The summed E-state index contributed by atoms with van der Waals surface area (Å²) in [6, 6.07) is 82.9. The highest BCUT2D eigenvalue weighted by atomic mass is 16.3. The van der Waals surface area contributed by atoms with E-state index in [9.17, 15) is 0 Å². The summed E-state index contributed by atoms with van der Waals surface area (Å²) in [6.45, 7) is 0. The first-order valence-corrected chi connectivity index (χ1v) is 20.8. The van der Waals surface area contributed by atoms with Gasteiger partial charge in [-0.2, -0.15) is 0 Å². The molecule has 0 amide bonds. The van der Waals surface area contributed by atoms with Gasteiger partial charge in [-0.3, -0.25) is 0 Å². The maximum Gasteiger partial charge on any atom is 0.143 e. The van der Waals surface area contributed by atoms with Crippen LogP contribution in [0, 0.1) is 0 Å². The highest BCUT2D eigenvalue weighted by Crippen LogP contribution is 2.43. The topological polar surface area (TPSA) is 21.3 Å². The van der Waals surface area contributed by atoms with Crippen molar-refractivity contribution in [3.63, 3.8) is 0 Å². The lowest BCUT2D eigenvalue weighted by Crippen LogP contribution is -2.10. The maximum atomic E-state index is 6.60. The van der Waals surface area contributed by atoms with Crippen LogP contribution in [0.4, 0.5) is 17.1 Å². The number of anilines is 3. The van der Waals surface area contributed by atoms with Crippen molar-refractivity contribution >= 4 is 71.6 Å². The van der Waals surface area contributed by atoms with Gasteiger partial charge in [0, 0.05) is 49.7 Å². The number of aromatic nitrogens is 1.